The summed E-state index contributed by atoms with van der Waals surface area (Å²) in [7, 11) is 0. The number of hydrogen-bond donors (Lipinski definition) is 0. The van der Waals surface area contributed by atoms with Crippen molar-refractivity contribution in [2.24, 2.45) is 11.8 Å². The van der Waals surface area contributed by atoms with Crippen LogP contribution in [0.4, 0.5) is 0 Å². The van der Waals surface area contributed by atoms with Crippen LogP contribution in [0.15, 0.2) is 0 Å². The molecule has 3 fully saturated rings. The minimum absolute atomic E-state index is 0. The van der Waals surface area contributed by atoms with Crippen molar-refractivity contribution in [1.29, 1.82) is 0 Å². The Labute approximate surface area is 163 Å². The van der Waals surface area contributed by atoms with Gasteiger partial charge in [-0.05, 0) is 24.7 Å². The molecule has 0 aromatic carbocycles. The van der Waals surface area contributed by atoms with Crippen molar-refractivity contribution in [3.63, 3.8) is 0 Å². The summed E-state index contributed by atoms with van der Waals surface area (Å²) in [6.07, 6.45) is 13.4. The van der Waals surface area contributed by atoms with Crippen molar-refractivity contribution in [3.8, 4) is 0 Å². The van der Waals surface area contributed by atoms with Crippen LogP contribution in [0, 0.1) is 11.8 Å². The largest absolute Gasteiger partial charge is 1.00 e. The Morgan fingerprint density at radius 1 is 0.762 bits per heavy atom. The monoisotopic (exact) mass is 420 g/mol. The number of rotatable bonds is 1. The molecule has 21 heavy (non-hydrogen) atoms. The van der Waals surface area contributed by atoms with Gasteiger partial charge in [0.25, 0.3) is 0 Å². The van der Waals surface area contributed by atoms with Gasteiger partial charge in [-0.15, -0.1) is 0 Å². The van der Waals surface area contributed by atoms with Crippen LogP contribution in [-0.4, -0.2) is 23.9 Å². The second kappa shape index (κ2) is 19.6. The van der Waals surface area contributed by atoms with Gasteiger partial charge in [0.1, 0.15) is 0 Å². The van der Waals surface area contributed by atoms with Crippen LogP contribution in [0.2, 0.25) is 0 Å². The zero-order chi connectivity index (χ0) is 15.1. The van der Waals surface area contributed by atoms with Gasteiger partial charge in [0, 0.05) is 23.9 Å². The molecular weight excluding hydrogens is 387 g/mol. The quantitative estimate of drug-likeness (QED) is 0.463. The molecule has 124 valence electrons. The number of ether oxygens (including phenoxy) is 1. The molecule has 2 saturated carbocycles. The molecule has 0 radical (unpaired) electrons. The number of hydrogen-bond acceptors (Lipinski definition) is 1. The van der Waals surface area contributed by atoms with Crippen LogP contribution < -0.4 is 18.9 Å². The Hall–Kier alpha value is 1.52. The molecule has 0 bridgehead atoms. The minimum atomic E-state index is 0. The molecule has 2 aliphatic carbocycles. The van der Waals surface area contributed by atoms with E-state index in [-0.39, 0.29) is 20.3 Å². The summed E-state index contributed by atoms with van der Waals surface area (Å²) in [5, 5.41) is 2.10. The summed E-state index contributed by atoms with van der Waals surface area (Å²) in [5.74, 6) is 2.33. The first-order valence-corrected chi connectivity index (χ1v) is 10.8. The van der Waals surface area contributed by atoms with E-state index in [4.69, 9.17) is 4.74 Å². The fourth-order valence-electron chi connectivity index (χ4n) is 3.20. The summed E-state index contributed by atoms with van der Waals surface area (Å²) in [4.78, 5) is 0. The van der Waals surface area contributed by atoms with Crippen molar-refractivity contribution in [2.45, 2.75) is 71.6 Å². The van der Waals surface area contributed by atoms with E-state index in [9.17, 15) is 0 Å². The molecule has 0 aromatic heterocycles. The van der Waals surface area contributed by atoms with E-state index in [1.54, 1.807) is 25.7 Å². The van der Waals surface area contributed by atoms with E-state index in [0.717, 1.165) is 23.9 Å². The average Bonchev–Trinajstić information content (AvgIpc) is 3.23. The summed E-state index contributed by atoms with van der Waals surface area (Å²) in [6.45, 7) is 6.00. The fraction of sp³-hybridized carbons (Fsp3) is 1.00. The molecule has 1 nitrogen and oxygen atoms in total. The molecule has 0 amide bonds. The summed E-state index contributed by atoms with van der Waals surface area (Å²) >= 11 is 6.40. The fourth-order valence-corrected chi connectivity index (χ4v) is 3.20. The molecular formula is C17H35Br2LiO. The maximum Gasteiger partial charge on any atom is 1.00 e. The minimum Gasteiger partial charge on any atom is -1.00 e. The van der Waals surface area contributed by atoms with Gasteiger partial charge in [-0.2, -0.15) is 0 Å². The molecule has 2 unspecified atom stereocenters. The predicted molar refractivity (Wildman–Crippen MR) is 99.4 cm³/mol. The van der Waals surface area contributed by atoms with Gasteiger partial charge in [-0.25, -0.2) is 0 Å². The van der Waals surface area contributed by atoms with E-state index in [2.05, 4.69) is 31.9 Å². The van der Waals surface area contributed by atoms with Crippen molar-refractivity contribution in [1.82, 2.24) is 0 Å². The molecule has 3 rings (SSSR count). The summed E-state index contributed by atoms with van der Waals surface area (Å²) < 4.78 is 4.94. The molecule has 0 spiro atoms. The van der Waals surface area contributed by atoms with E-state index in [1.165, 1.54) is 43.9 Å². The number of fused-ring (bicyclic) bond motifs is 1. The van der Waals surface area contributed by atoms with Gasteiger partial charge >= 0.3 is 18.9 Å². The van der Waals surface area contributed by atoms with Gasteiger partial charge in [0.05, 0.1) is 0 Å². The van der Waals surface area contributed by atoms with E-state index >= 15 is 0 Å². The normalized spacial score (nSPS) is 25.7. The Bertz CT molecular complexity index is 174. The van der Waals surface area contributed by atoms with Crippen LogP contribution in [0.25, 0.3) is 0 Å². The zero-order valence-electron chi connectivity index (χ0n) is 15.5. The summed E-state index contributed by atoms with van der Waals surface area (Å²) in [6, 6.07) is 0. The second-order valence-electron chi connectivity index (χ2n) is 5.43. The SMILES string of the molecule is BrCCBr.C1CCC2CCCC2C1.C1CCOC1.CC.[H-].[Li+]. The van der Waals surface area contributed by atoms with Crippen LogP contribution in [-0.2, 0) is 4.74 Å². The topological polar surface area (TPSA) is 9.23 Å². The Morgan fingerprint density at radius 3 is 1.43 bits per heavy atom. The molecule has 0 aromatic rings. The summed E-state index contributed by atoms with van der Waals surface area (Å²) in [5.41, 5.74) is 0. The van der Waals surface area contributed by atoms with E-state index in [1.807, 2.05) is 13.8 Å². The van der Waals surface area contributed by atoms with Crippen molar-refractivity contribution in [3.05, 3.63) is 0 Å². The molecule has 3 aliphatic rings. The van der Waals surface area contributed by atoms with Crippen LogP contribution in [0.5, 0.6) is 0 Å². The van der Waals surface area contributed by atoms with Crippen molar-refractivity contribution in [2.75, 3.05) is 23.9 Å². The van der Waals surface area contributed by atoms with E-state index < -0.39 is 0 Å². The first-order valence-electron chi connectivity index (χ1n) is 8.58. The van der Waals surface area contributed by atoms with E-state index in [0.29, 0.717) is 0 Å². The van der Waals surface area contributed by atoms with Crippen molar-refractivity contribution >= 4 is 31.9 Å². The first-order chi connectivity index (χ1) is 9.88. The van der Waals surface area contributed by atoms with Gasteiger partial charge < -0.3 is 6.16 Å². The van der Waals surface area contributed by atoms with Gasteiger partial charge in [-0.1, -0.05) is 90.7 Å². The zero-order valence-corrected chi connectivity index (χ0v) is 17.7. The Kier molecular flexibility index (Phi) is 23.1. The average molecular weight is 422 g/mol. The number of halogens is 2. The smallest absolute Gasteiger partial charge is 1.00 e. The second-order valence-corrected chi connectivity index (χ2v) is 7.02. The maximum atomic E-state index is 4.94. The third kappa shape index (κ3) is 13.6. The van der Waals surface area contributed by atoms with Crippen LogP contribution in [0.1, 0.15) is 73.1 Å². The maximum absolute atomic E-state index is 4.94. The Balaban J connectivity index is -0.000000243. The molecule has 1 heterocycles. The molecule has 2 atom stereocenters. The van der Waals surface area contributed by atoms with Gasteiger partial charge in [0.15, 0.2) is 0 Å². The number of alkyl halides is 2. The molecule has 1 saturated heterocycles. The molecule has 0 N–H and O–H groups in total. The predicted octanol–water partition coefficient (Wildman–Crippen LogP) is 3.69. The van der Waals surface area contributed by atoms with Crippen LogP contribution >= 0.6 is 31.9 Å². The van der Waals surface area contributed by atoms with Crippen LogP contribution in [0.3, 0.4) is 0 Å². The first kappa shape index (κ1) is 24.8. The third-order valence-corrected chi connectivity index (χ3v) is 5.97. The van der Waals surface area contributed by atoms with Crippen molar-refractivity contribution < 1.29 is 25.0 Å². The standard InChI is InChI=1S/C9H16.C4H8O.C2H4Br2.C2H6.Li.H/c1-2-5-9-7-3-6-8(9)4-1;1-2-4-5-3-1;3-1-2-4;1-2;;/h8-9H,1-7H2;1-4H2;1-2H2;1-2H3;;/q;;;;+1;-1. The molecule has 4 heteroatoms. The molecule has 1 aliphatic heterocycles. The Morgan fingerprint density at radius 2 is 1.14 bits per heavy atom. The third-order valence-electron chi connectivity index (χ3n) is 4.12. The van der Waals surface area contributed by atoms with Gasteiger partial charge in [-0.3, -0.25) is 0 Å². The van der Waals surface area contributed by atoms with Gasteiger partial charge in [0.2, 0.25) is 0 Å².